The Labute approximate surface area is 124 Å². The van der Waals surface area contributed by atoms with Gasteiger partial charge in [0, 0.05) is 0 Å². The number of aromatic nitrogens is 1. The van der Waals surface area contributed by atoms with Gasteiger partial charge in [-0.15, -0.1) is 11.3 Å². The molecular weight excluding hydrogens is 299 g/mol. The smallest absolute Gasteiger partial charge is 0.288 e. The minimum atomic E-state index is -4.35. The van der Waals surface area contributed by atoms with Crippen molar-refractivity contribution in [2.24, 2.45) is 0 Å². The third-order valence-electron chi connectivity index (χ3n) is 2.79. The van der Waals surface area contributed by atoms with Gasteiger partial charge in [-0.05, 0) is 37.6 Å². The molecule has 0 fully saturated rings. The zero-order valence-corrected chi connectivity index (χ0v) is 12.2. The number of halogens is 3. The highest BCUT2D eigenvalue weighted by Crippen LogP contribution is 2.29. The summed E-state index contributed by atoms with van der Waals surface area (Å²) in [5.41, 5.74) is 0.495. The van der Waals surface area contributed by atoms with E-state index < -0.39 is 11.7 Å². The summed E-state index contributed by atoms with van der Waals surface area (Å²) in [5, 5.41) is 0.804. The van der Waals surface area contributed by atoms with E-state index in [9.17, 15) is 18.0 Å². The third kappa shape index (κ3) is 3.78. The van der Waals surface area contributed by atoms with E-state index in [0.717, 1.165) is 17.1 Å². The largest absolute Gasteiger partial charge is 0.416 e. The highest BCUT2D eigenvalue weighted by atomic mass is 32.1. The van der Waals surface area contributed by atoms with Crippen LogP contribution in [0.2, 0.25) is 0 Å². The number of hydrogen-bond donors (Lipinski definition) is 0. The molecule has 0 bridgehead atoms. The fraction of sp³-hybridized carbons (Fsp3) is 0.200. The fourth-order valence-corrected chi connectivity index (χ4v) is 2.63. The van der Waals surface area contributed by atoms with Gasteiger partial charge < -0.3 is 0 Å². The lowest BCUT2D eigenvalue weighted by atomic mass is 10.1. The van der Waals surface area contributed by atoms with Gasteiger partial charge >= 0.3 is 6.18 Å². The maximum atomic E-state index is 12.4. The van der Waals surface area contributed by atoms with Crippen molar-refractivity contribution in [1.82, 2.24) is 4.98 Å². The summed E-state index contributed by atoms with van der Waals surface area (Å²) < 4.78 is 37.3. The predicted octanol–water partition coefficient (Wildman–Crippen LogP) is 4.67. The fourth-order valence-electron chi connectivity index (χ4n) is 1.79. The van der Waals surface area contributed by atoms with Crippen LogP contribution in [0.25, 0.3) is 6.08 Å². The van der Waals surface area contributed by atoms with Crippen molar-refractivity contribution in [3.8, 4) is 0 Å². The molecule has 2 rings (SSSR count). The van der Waals surface area contributed by atoms with Crippen molar-refractivity contribution in [1.29, 1.82) is 0 Å². The maximum Gasteiger partial charge on any atom is 0.416 e. The molecule has 0 aliphatic rings. The van der Waals surface area contributed by atoms with Crippen LogP contribution in [0.15, 0.2) is 30.3 Å². The summed E-state index contributed by atoms with van der Waals surface area (Å²) >= 11 is 1.30. The first-order chi connectivity index (χ1) is 9.77. The molecule has 0 amide bonds. The molecule has 0 radical (unpaired) electrons. The molecule has 0 unspecified atom stereocenters. The van der Waals surface area contributed by atoms with Gasteiger partial charge in [-0.1, -0.05) is 18.2 Å². The van der Waals surface area contributed by atoms with Crippen molar-refractivity contribution < 1.29 is 18.0 Å². The molecule has 0 aliphatic heterocycles. The Morgan fingerprint density at radius 1 is 1.19 bits per heavy atom. The molecular formula is C15H12F3NOS. The van der Waals surface area contributed by atoms with Gasteiger partial charge in [0.25, 0.3) is 0 Å². The van der Waals surface area contributed by atoms with Crippen molar-refractivity contribution in [3.05, 3.63) is 57.0 Å². The summed E-state index contributed by atoms with van der Waals surface area (Å²) in [5.74, 6) is -0.196. The van der Waals surface area contributed by atoms with E-state index in [1.165, 1.54) is 35.6 Å². The lowest BCUT2D eigenvalue weighted by Crippen LogP contribution is -2.04. The number of hydrogen-bond acceptors (Lipinski definition) is 3. The monoisotopic (exact) mass is 311 g/mol. The number of benzene rings is 1. The van der Waals surface area contributed by atoms with Crippen molar-refractivity contribution >= 4 is 23.2 Å². The number of ketones is 1. The lowest BCUT2D eigenvalue weighted by molar-refractivity contribution is -0.137. The molecule has 1 heterocycles. The summed E-state index contributed by atoms with van der Waals surface area (Å²) in [4.78, 5) is 16.7. The first-order valence-electron chi connectivity index (χ1n) is 6.11. The number of aryl methyl sites for hydroxylation is 2. The van der Waals surface area contributed by atoms with Gasteiger partial charge in [0.05, 0.1) is 21.1 Å². The molecule has 2 nitrogen and oxygen atoms in total. The Morgan fingerprint density at radius 3 is 2.29 bits per heavy atom. The quantitative estimate of drug-likeness (QED) is 0.609. The summed E-state index contributed by atoms with van der Waals surface area (Å²) in [6, 6.07) is 4.65. The SMILES string of the molecule is Cc1nc(C)c(C(=O)C=Cc2ccc(C(F)(F)F)cc2)s1. The molecule has 2 aromatic rings. The normalized spacial score (nSPS) is 12.0. The van der Waals surface area contributed by atoms with Crippen LogP contribution in [0.4, 0.5) is 13.2 Å². The van der Waals surface area contributed by atoms with Crippen LogP contribution in [0.3, 0.4) is 0 Å². The Balaban J connectivity index is 2.14. The Bertz CT molecular complexity index is 684. The van der Waals surface area contributed by atoms with Crippen LogP contribution in [0.1, 0.15) is 31.5 Å². The lowest BCUT2D eigenvalue weighted by Gasteiger charge is -2.05. The molecule has 0 N–H and O–H groups in total. The van der Waals surface area contributed by atoms with Crippen LogP contribution < -0.4 is 0 Å². The van der Waals surface area contributed by atoms with Crippen molar-refractivity contribution in [2.75, 3.05) is 0 Å². The molecule has 0 saturated heterocycles. The number of alkyl halides is 3. The molecule has 1 aromatic heterocycles. The molecule has 6 heteroatoms. The van der Waals surface area contributed by atoms with Gasteiger partial charge in [-0.2, -0.15) is 13.2 Å². The summed E-state index contributed by atoms with van der Waals surface area (Å²) in [6.45, 7) is 3.57. The van der Waals surface area contributed by atoms with Crippen LogP contribution in [0.5, 0.6) is 0 Å². The van der Waals surface area contributed by atoms with E-state index in [4.69, 9.17) is 0 Å². The first kappa shape index (κ1) is 15.4. The Morgan fingerprint density at radius 2 is 1.81 bits per heavy atom. The first-order valence-corrected chi connectivity index (χ1v) is 6.93. The molecule has 110 valence electrons. The Hall–Kier alpha value is -1.95. The predicted molar refractivity (Wildman–Crippen MR) is 76.4 cm³/mol. The van der Waals surface area contributed by atoms with Crippen LogP contribution in [0, 0.1) is 13.8 Å². The molecule has 0 spiro atoms. The van der Waals surface area contributed by atoms with Crippen molar-refractivity contribution in [3.63, 3.8) is 0 Å². The van der Waals surface area contributed by atoms with E-state index in [0.29, 0.717) is 16.1 Å². The number of rotatable bonds is 3. The average Bonchev–Trinajstić information content (AvgIpc) is 2.74. The van der Waals surface area contributed by atoms with Crippen molar-refractivity contribution in [2.45, 2.75) is 20.0 Å². The molecule has 0 aliphatic carbocycles. The van der Waals surface area contributed by atoms with Crippen LogP contribution >= 0.6 is 11.3 Å². The van der Waals surface area contributed by atoms with Gasteiger partial charge in [-0.25, -0.2) is 4.98 Å². The number of nitrogens with zero attached hydrogens (tertiary/aromatic N) is 1. The maximum absolute atomic E-state index is 12.4. The number of carbonyl (C=O) groups is 1. The second kappa shape index (κ2) is 5.81. The van der Waals surface area contributed by atoms with Gasteiger partial charge in [0.15, 0.2) is 5.78 Å². The van der Waals surface area contributed by atoms with Crippen LogP contribution in [-0.2, 0) is 6.18 Å². The van der Waals surface area contributed by atoms with Crippen LogP contribution in [-0.4, -0.2) is 10.8 Å². The second-order valence-electron chi connectivity index (χ2n) is 4.46. The zero-order chi connectivity index (χ0) is 15.6. The minimum absolute atomic E-state index is 0.196. The van der Waals surface area contributed by atoms with Gasteiger partial charge in [0.1, 0.15) is 0 Å². The number of thiazole rings is 1. The third-order valence-corrected chi connectivity index (χ3v) is 3.88. The minimum Gasteiger partial charge on any atom is -0.288 e. The highest BCUT2D eigenvalue weighted by Gasteiger charge is 2.29. The summed E-state index contributed by atoms with van der Waals surface area (Å²) in [6.07, 6.45) is -1.51. The van der Waals surface area contributed by atoms with E-state index in [1.807, 2.05) is 6.92 Å². The molecule has 1 aromatic carbocycles. The standard InChI is InChI=1S/C15H12F3NOS/c1-9-14(21-10(2)19-9)13(20)8-5-11-3-6-12(7-4-11)15(16,17)18/h3-8H,1-2H3. The highest BCUT2D eigenvalue weighted by molar-refractivity contribution is 7.13. The Kier molecular flexibility index (Phi) is 4.27. The van der Waals surface area contributed by atoms with Gasteiger partial charge in [-0.3, -0.25) is 4.79 Å². The molecule has 0 atom stereocenters. The number of carbonyl (C=O) groups excluding carboxylic acids is 1. The van der Waals surface area contributed by atoms with E-state index in [2.05, 4.69) is 4.98 Å². The zero-order valence-electron chi connectivity index (χ0n) is 11.4. The molecule has 21 heavy (non-hydrogen) atoms. The number of allylic oxidation sites excluding steroid dienone is 1. The van der Waals surface area contributed by atoms with Gasteiger partial charge in [0.2, 0.25) is 0 Å². The van der Waals surface area contributed by atoms with E-state index >= 15 is 0 Å². The van der Waals surface area contributed by atoms with E-state index in [1.54, 1.807) is 6.92 Å². The summed E-state index contributed by atoms with van der Waals surface area (Å²) in [7, 11) is 0. The second-order valence-corrected chi connectivity index (χ2v) is 5.67. The molecule has 0 saturated carbocycles. The average molecular weight is 311 g/mol. The van der Waals surface area contributed by atoms with E-state index in [-0.39, 0.29) is 5.78 Å². The topological polar surface area (TPSA) is 30.0 Å².